The largest absolute Gasteiger partial charge is 0.493 e. The lowest BCUT2D eigenvalue weighted by Crippen LogP contribution is -2.42. The van der Waals surface area contributed by atoms with Crippen LogP contribution < -0.4 is 14.8 Å². The highest BCUT2D eigenvalue weighted by Gasteiger charge is 2.23. The Hall–Kier alpha value is -2.60. The van der Waals surface area contributed by atoms with Gasteiger partial charge in [-0.25, -0.2) is 4.39 Å². The van der Waals surface area contributed by atoms with E-state index in [0.717, 1.165) is 29.8 Å². The van der Waals surface area contributed by atoms with Gasteiger partial charge < -0.3 is 14.8 Å². The van der Waals surface area contributed by atoms with E-state index < -0.39 is 0 Å². The van der Waals surface area contributed by atoms with Gasteiger partial charge in [0.2, 0.25) is 5.91 Å². The Morgan fingerprint density at radius 2 is 1.72 bits per heavy atom. The molecule has 0 saturated carbocycles. The van der Waals surface area contributed by atoms with Crippen LogP contribution in [0.4, 0.5) is 4.39 Å². The van der Waals surface area contributed by atoms with Gasteiger partial charge in [0.25, 0.3) is 0 Å². The SMILES string of the molecule is COc1cc2c(cc1OC)CN(CC(=O)NC(c1ccc(F)cc1)C(C)C)CC2. The van der Waals surface area contributed by atoms with Gasteiger partial charge in [0.15, 0.2) is 11.5 Å². The zero-order chi connectivity index (χ0) is 21.0. The van der Waals surface area contributed by atoms with Crippen LogP contribution in [0, 0.1) is 11.7 Å². The molecule has 0 spiro atoms. The average Bonchev–Trinajstić information content (AvgIpc) is 2.71. The first-order chi connectivity index (χ1) is 13.9. The summed E-state index contributed by atoms with van der Waals surface area (Å²) >= 11 is 0. The Bertz CT molecular complexity index is 852. The fraction of sp³-hybridized carbons (Fsp3) is 0.435. The number of methoxy groups -OCH3 is 2. The molecule has 1 aliphatic rings. The number of ether oxygens (including phenoxy) is 2. The van der Waals surface area contributed by atoms with Crippen LogP contribution in [-0.2, 0) is 17.8 Å². The number of rotatable bonds is 7. The summed E-state index contributed by atoms with van der Waals surface area (Å²) in [5.41, 5.74) is 3.29. The standard InChI is InChI=1S/C23H29FN2O3/c1-15(2)23(16-5-7-19(24)8-6-16)25-22(27)14-26-10-9-17-11-20(28-3)21(29-4)12-18(17)13-26/h5-8,11-12,15,23H,9-10,13-14H2,1-4H3,(H,25,27). The fourth-order valence-electron chi connectivity index (χ4n) is 3.80. The summed E-state index contributed by atoms with van der Waals surface area (Å²) in [5, 5.41) is 3.12. The van der Waals surface area contributed by atoms with Gasteiger partial charge in [-0.2, -0.15) is 0 Å². The highest BCUT2D eigenvalue weighted by Crippen LogP contribution is 2.33. The molecule has 2 aromatic rings. The monoisotopic (exact) mass is 400 g/mol. The summed E-state index contributed by atoms with van der Waals surface area (Å²) in [6, 6.07) is 10.2. The van der Waals surface area contributed by atoms with E-state index in [-0.39, 0.29) is 23.7 Å². The van der Waals surface area contributed by atoms with Crippen LogP contribution in [0.2, 0.25) is 0 Å². The molecular weight excluding hydrogens is 371 g/mol. The minimum atomic E-state index is -0.276. The van der Waals surface area contributed by atoms with Crippen molar-refractivity contribution in [3.8, 4) is 11.5 Å². The van der Waals surface area contributed by atoms with E-state index in [4.69, 9.17) is 9.47 Å². The predicted molar refractivity (Wildman–Crippen MR) is 111 cm³/mol. The van der Waals surface area contributed by atoms with Gasteiger partial charge in [-0.3, -0.25) is 9.69 Å². The molecule has 0 bridgehead atoms. The molecule has 2 aromatic carbocycles. The first-order valence-corrected chi connectivity index (χ1v) is 9.92. The minimum Gasteiger partial charge on any atom is -0.493 e. The van der Waals surface area contributed by atoms with Crippen molar-refractivity contribution >= 4 is 5.91 Å². The van der Waals surface area contributed by atoms with E-state index in [1.807, 2.05) is 26.0 Å². The number of carbonyl (C=O) groups is 1. The summed E-state index contributed by atoms with van der Waals surface area (Å²) in [6.45, 7) is 5.90. The summed E-state index contributed by atoms with van der Waals surface area (Å²) in [7, 11) is 3.26. The van der Waals surface area contributed by atoms with Crippen molar-refractivity contribution in [1.29, 1.82) is 0 Å². The number of hydrogen-bond donors (Lipinski definition) is 1. The van der Waals surface area contributed by atoms with E-state index in [1.54, 1.807) is 26.4 Å². The average molecular weight is 400 g/mol. The second kappa shape index (κ2) is 9.27. The van der Waals surface area contributed by atoms with Crippen LogP contribution in [0.5, 0.6) is 11.5 Å². The molecule has 1 atom stereocenters. The molecule has 1 heterocycles. The number of halogens is 1. The third-order valence-corrected chi connectivity index (χ3v) is 5.38. The van der Waals surface area contributed by atoms with Crippen molar-refractivity contribution in [3.63, 3.8) is 0 Å². The van der Waals surface area contributed by atoms with E-state index in [9.17, 15) is 9.18 Å². The first-order valence-electron chi connectivity index (χ1n) is 9.92. The molecule has 1 N–H and O–H groups in total. The van der Waals surface area contributed by atoms with Gasteiger partial charge in [0.1, 0.15) is 5.82 Å². The third kappa shape index (κ3) is 5.07. The minimum absolute atomic E-state index is 0.0306. The maximum absolute atomic E-state index is 13.2. The summed E-state index contributed by atoms with van der Waals surface area (Å²) < 4.78 is 24.0. The van der Waals surface area contributed by atoms with Crippen LogP contribution in [-0.4, -0.2) is 38.1 Å². The molecule has 0 aromatic heterocycles. The number of fused-ring (bicyclic) bond motifs is 1. The lowest BCUT2D eigenvalue weighted by Gasteiger charge is -2.30. The predicted octanol–water partition coefficient (Wildman–Crippen LogP) is 3.71. The summed E-state index contributed by atoms with van der Waals surface area (Å²) in [4.78, 5) is 14.9. The lowest BCUT2D eigenvalue weighted by molar-refractivity contribution is -0.123. The van der Waals surface area contributed by atoms with Crippen LogP contribution in [0.15, 0.2) is 36.4 Å². The normalized spacial score (nSPS) is 15.0. The molecule has 5 nitrogen and oxygen atoms in total. The highest BCUT2D eigenvalue weighted by atomic mass is 19.1. The summed E-state index contributed by atoms with van der Waals surface area (Å²) in [5.74, 6) is 1.33. The molecule has 3 rings (SSSR count). The third-order valence-electron chi connectivity index (χ3n) is 5.38. The van der Waals surface area contributed by atoms with Gasteiger partial charge >= 0.3 is 0 Å². The zero-order valence-electron chi connectivity index (χ0n) is 17.5. The van der Waals surface area contributed by atoms with Crippen LogP contribution >= 0.6 is 0 Å². The molecular formula is C23H29FN2O3. The number of carbonyl (C=O) groups excluding carboxylic acids is 1. The van der Waals surface area contributed by atoms with Crippen molar-refractivity contribution in [3.05, 3.63) is 58.9 Å². The maximum atomic E-state index is 13.2. The van der Waals surface area contributed by atoms with Gasteiger partial charge in [-0.15, -0.1) is 0 Å². The molecule has 1 aliphatic heterocycles. The van der Waals surface area contributed by atoms with Gasteiger partial charge in [-0.1, -0.05) is 26.0 Å². The number of nitrogens with one attached hydrogen (secondary N) is 1. The maximum Gasteiger partial charge on any atom is 0.234 e. The molecule has 0 aliphatic carbocycles. The molecule has 0 fully saturated rings. The Labute approximate surface area is 171 Å². The Kier molecular flexibility index (Phi) is 6.75. The molecule has 0 radical (unpaired) electrons. The second-order valence-electron chi connectivity index (χ2n) is 7.78. The van der Waals surface area contributed by atoms with Crippen molar-refractivity contribution in [2.24, 2.45) is 5.92 Å². The molecule has 1 unspecified atom stereocenters. The molecule has 1 amide bonds. The van der Waals surface area contributed by atoms with Crippen molar-refractivity contribution in [2.45, 2.75) is 32.9 Å². The van der Waals surface area contributed by atoms with Crippen molar-refractivity contribution in [2.75, 3.05) is 27.3 Å². The quantitative estimate of drug-likeness (QED) is 0.770. The zero-order valence-corrected chi connectivity index (χ0v) is 17.5. The number of benzene rings is 2. The fourth-order valence-corrected chi connectivity index (χ4v) is 3.80. The number of hydrogen-bond acceptors (Lipinski definition) is 4. The second-order valence-corrected chi connectivity index (χ2v) is 7.78. The van der Waals surface area contributed by atoms with Crippen molar-refractivity contribution < 1.29 is 18.7 Å². The van der Waals surface area contributed by atoms with E-state index in [1.165, 1.54) is 17.7 Å². The topological polar surface area (TPSA) is 50.8 Å². The van der Waals surface area contributed by atoms with Crippen LogP contribution in [0.3, 0.4) is 0 Å². The lowest BCUT2D eigenvalue weighted by atomic mass is 9.96. The Morgan fingerprint density at radius 3 is 2.31 bits per heavy atom. The number of amides is 1. The summed E-state index contributed by atoms with van der Waals surface area (Å²) in [6.07, 6.45) is 0.856. The smallest absolute Gasteiger partial charge is 0.234 e. The molecule has 156 valence electrons. The van der Waals surface area contributed by atoms with Crippen molar-refractivity contribution in [1.82, 2.24) is 10.2 Å². The molecule has 29 heavy (non-hydrogen) atoms. The highest BCUT2D eigenvalue weighted by molar-refractivity contribution is 5.78. The van der Waals surface area contributed by atoms with Gasteiger partial charge in [0, 0.05) is 13.1 Å². The van der Waals surface area contributed by atoms with Crippen LogP contribution in [0.1, 0.15) is 36.6 Å². The first kappa shape index (κ1) is 21.1. The molecule has 0 saturated heterocycles. The van der Waals surface area contributed by atoms with Crippen LogP contribution in [0.25, 0.3) is 0 Å². The Morgan fingerprint density at radius 1 is 1.10 bits per heavy atom. The van der Waals surface area contributed by atoms with Gasteiger partial charge in [-0.05, 0) is 53.3 Å². The van der Waals surface area contributed by atoms with E-state index in [0.29, 0.717) is 18.8 Å². The van der Waals surface area contributed by atoms with E-state index in [2.05, 4.69) is 10.2 Å². The molecule has 6 heteroatoms. The van der Waals surface area contributed by atoms with E-state index >= 15 is 0 Å². The Balaban J connectivity index is 1.66. The number of nitrogens with zero attached hydrogens (tertiary/aromatic N) is 1. The van der Waals surface area contributed by atoms with Gasteiger partial charge in [0.05, 0.1) is 26.8 Å².